The first-order valence-corrected chi connectivity index (χ1v) is 13.4. The number of hydrogen-bond donors (Lipinski definition) is 2. The smallest absolute Gasteiger partial charge is 0.263 e. The minimum Gasteiger partial charge on any atom is -0.484 e. The molecule has 2 N–H and O–H groups in total. The van der Waals surface area contributed by atoms with E-state index < -0.39 is 17.5 Å². The molecule has 2 aromatic carbocycles. The molecule has 7 rings (SSSR count). The fraction of sp³-hybridized carbons (Fsp3) is 0.464. The summed E-state index contributed by atoms with van der Waals surface area (Å²) in [5, 5.41) is 6.06. The maximum atomic E-state index is 13.6. The molecule has 9 nitrogen and oxygen atoms in total. The van der Waals surface area contributed by atoms with Crippen molar-refractivity contribution in [1.29, 1.82) is 0 Å². The van der Waals surface area contributed by atoms with Crippen LogP contribution in [0.2, 0.25) is 5.02 Å². The Kier molecular flexibility index (Phi) is 6.42. The molecular weight excluding hydrogens is 529 g/mol. The number of rotatable bonds is 7. The van der Waals surface area contributed by atoms with Gasteiger partial charge in [0, 0.05) is 23.8 Å². The summed E-state index contributed by atoms with van der Waals surface area (Å²) >= 11 is 5.67. The minimum atomic E-state index is -0.848. The quantitative estimate of drug-likeness (QED) is 0.542. The largest absolute Gasteiger partial charge is 0.484 e. The Hall–Kier alpha value is -3.37. The molecule has 0 spiro atoms. The number of hydrogen-bond acceptors (Lipinski definition) is 6. The number of halogens is 2. The van der Waals surface area contributed by atoms with Crippen LogP contribution in [0.25, 0.3) is 0 Å². The minimum absolute atomic E-state index is 0.0198. The van der Waals surface area contributed by atoms with Gasteiger partial charge < -0.3 is 29.7 Å². The average Bonchev–Trinajstić information content (AvgIpc) is 3.41. The van der Waals surface area contributed by atoms with E-state index in [2.05, 4.69) is 10.6 Å². The lowest BCUT2D eigenvalue weighted by atomic mass is 9.44. The van der Waals surface area contributed by atoms with Crippen molar-refractivity contribution in [3.05, 3.63) is 52.8 Å². The van der Waals surface area contributed by atoms with Gasteiger partial charge in [-0.05, 0) is 62.4 Å². The van der Waals surface area contributed by atoms with Gasteiger partial charge in [0.25, 0.3) is 11.8 Å². The topological polar surface area (TPSA) is 106 Å². The predicted molar refractivity (Wildman–Crippen MR) is 139 cm³/mol. The summed E-state index contributed by atoms with van der Waals surface area (Å²) in [6.45, 7) is 2.75. The fourth-order valence-electron chi connectivity index (χ4n) is 6.13. The maximum Gasteiger partial charge on any atom is 0.263 e. The van der Waals surface area contributed by atoms with Crippen molar-refractivity contribution in [2.24, 2.45) is 5.92 Å². The molecule has 39 heavy (non-hydrogen) atoms. The second kappa shape index (κ2) is 9.67. The molecule has 11 heteroatoms. The van der Waals surface area contributed by atoms with Crippen LogP contribution in [0.5, 0.6) is 11.5 Å². The number of aryl methyl sites for hydroxylation is 1. The van der Waals surface area contributed by atoms with E-state index in [1.54, 1.807) is 11.0 Å². The molecule has 2 aromatic rings. The third-order valence-corrected chi connectivity index (χ3v) is 8.25. The number of carbonyl (C=O) groups is 3. The van der Waals surface area contributed by atoms with E-state index in [-0.39, 0.29) is 53.1 Å². The zero-order chi connectivity index (χ0) is 27.4. The molecule has 2 atom stereocenters. The van der Waals surface area contributed by atoms with Crippen molar-refractivity contribution in [1.82, 2.24) is 10.6 Å². The van der Waals surface area contributed by atoms with Crippen LogP contribution in [0.15, 0.2) is 36.4 Å². The van der Waals surface area contributed by atoms with E-state index in [0.29, 0.717) is 50.3 Å². The van der Waals surface area contributed by atoms with E-state index in [4.69, 9.17) is 25.8 Å². The maximum absolute atomic E-state index is 13.6. The Balaban J connectivity index is 1.04. The summed E-state index contributed by atoms with van der Waals surface area (Å²) in [4.78, 5) is 40.7. The molecule has 3 aliphatic carbocycles. The number of anilines is 1. The Labute approximate surface area is 229 Å². The van der Waals surface area contributed by atoms with Crippen molar-refractivity contribution in [3.8, 4) is 11.5 Å². The van der Waals surface area contributed by atoms with E-state index in [1.165, 1.54) is 12.1 Å². The van der Waals surface area contributed by atoms with Gasteiger partial charge in [-0.2, -0.15) is 0 Å². The Morgan fingerprint density at radius 1 is 1.13 bits per heavy atom. The van der Waals surface area contributed by atoms with Crippen molar-refractivity contribution in [2.45, 2.75) is 49.8 Å². The first kappa shape index (κ1) is 25.9. The van der Waals surface area contributed by atoms with Crippen LogP contribution < -0.4 is 25.0 Å². The van der Waals surface area contributed by atoms with Crippen molar-refractivity contribution in [2.75, 3.05) is 31.3 Å². The number of carbonyl (C=O) groups excluding carboxylic acids is 3. The van der Waals surface area contributed by atoms with Crippen LogP contribution >= 0.6 is 11.6 Å². The molecule has 1 saturated heterocycles. The number of nitrogens with one attached hydrogen (secondary N) is 2. The van der Waals surface area contributed by atoms with Crippen LogP contribution in [-0.4, -0.2) is 61.3 Å². The summed E-state index contributed by atoms with van der Waals surface area (Å²) in [6.07, 6.45) is 1.60. The summed E-state index contributed by atoms with van der Waals surface area (Å²) in [7, 11) is 0. The fourth-order valence-corrected chi connectivity index (χ4v) is 6.25. The first-order valence-electron chi connectivity index (χ1n) is 13.0. The van der Waals surface area contributed by atoms with Gasteiger partial charge >= 0.3 is 0 Å². The lowest BCUT2D eigenvalue weighted by Gasteiger charge is -2.70. The van der Waals surface area contributed by atoms with Gasteiger partial charge in [0.2, 0.25) is 5.91 Å². The molecule has 5 aliphatic rings. The lowest BCUT2D eigenvalue weighted by molar-refractivity contribution is -0.153. The predicted octanol–water partition coefficient (Wildman–Crippen LogP) is 2.90. The highest BCUT2D eigenvalue weighted by Gasteiger charge is 2.69. The number of fused-ring (bicyclic) bond motifs is 1. The lowest BCUT2D eigenvalue weighted by Crippen LogP contribution is -2.84. The molecule has 0 aromatic heterocycles. The number of ether oxygens (including phenoxy) is 3. The van der Waals surface area contributed by atoms with Gasteiger partial charge in [-0.15, -0.1) is 0 Å². The van der Waals surface area contributed by atoms with E-state index in [1.807, 2.05) is 19.1 Å². The van der Waals surface area contributed by atoms with E-state index in [0.717, 1.165) is 11.6 Å². The number of benzene rings is 2. The Morgan fingerprint density at radius 3 is 2.62 bits per heavy atom. The molecule has 3 saturated carbocycles. The van der Waals surface area contributed by atoms with Crippen molar-refractivity contribution in [3.63, 3.8) is 0 Å². The molecule has 2 bridgehead atoms. The summed E-state index contributed by atoms with van der Waals surface area (Å²) in [6, 6.07) is 9.57. The normalized spacial score (nSPS) is 28.3. The molecule has 4 fully saturated rings. The Bertz CT molecular complexity index is 1330. The highest BCUT2D eigenvalue weighted by Crippen LogP contribution is 2.60. The molecule has 206 valence electrons. The molecule has 3 amide bonds. The van der Waals surface area contributed by atoms with Gasteiger partial charge in [-0.1, -0.05) is 17.7 Å². The van der Waals surface area contributed by atoms with Crippen LogP contribution in [0.1, 0.15) is 31.2 Å². The van der Waals surface area contributed by atoms with Gasteiger partial charge in [0.05, 0.1) is 29.8 Å². The summed E-state index contributed by atoms with van der Waals surface area (Å²) < 4.78 is 30.4. The van der Waals surface area contributed by atoms with Gasteiger partial charge in [-0.25, -0.2) is 4.39 Å². The van der Waals surface area contributed by atoms with Gasteiger partial charge in [0.1, 0.15) is 17.3 Å². The zero-order valence-electron chi connectivity index (χ0n) is 21.4. The molecular formula is C28H29ClFN3O6. The SMILES string of the molecule is Cc1ccc2c(c1)N(C(=O)C1CCOC1)CC(C(=O)NC13CC(NC(=O)COc4ccc(Cl)c(F)c4)(C1)C3)O2. The highest BCUT2D eigenvalue weighted by molar-refractivity contribution is 6.30. The second-order valence-corrected chi connectivity index (χ2v) is 11.5. The number of amides is 3. The first-order chi connectivity index (χ1) is 18.6. The summed E-state index contributed by atoms with van der Waals surface area (Å²) in [5.41, 5.74) is 0.871. The Morgan fingerprint density at radius 2 is 1.90 bits per heavy atom. The monoisotopic (exact) mass is 557 g/mol. The molecule has 2 unspecified atom stereocenters. The number of nitrogens with zero attached hydrogens (tertiary/aromatic N) is 1. The van der Waals surface area contributed by atoms with E-state index in [9.17, 15) is 18.8 Å². The van der Waals surface area contributed by atoms with E-state index >= 15 is 0 Å². The van der Waals surface area contributed by atoms with Gasteiger partial charge in [0.15, 0.2) is 12.7 Å². The van der Waals surface area contributed by atoms with Crippen molar-refractivity contribution >= 4 is 35.0 Å². The average molecular weight is 558 g/mol. The summed E-state index contributed by atoms with van der Waals surface area (Å²) in [5.74, 6) is -0.800. The standard InChI is InChI=1S/C28H29ClFN3O6/c1-16-2-5-22-21(8-16)33(26(36)17-6-7-37-11-17)10-23(39-22)25(35)32-28-13-27(14-28,15-28)31-24(34)12-38-18-3-4-19(29)20(30)9-18/h2-5,8-9,17,23H,6-7,10-15H2,1H3,(H,31,34)(H,32,35). The van der Waals surface area contributed by atoms with Crippen LogP contribution in [0, 0.1) is 18.7 Å². The second-order valence-electron chi connectivity index (χ2n) is 11.1. The molecule has 2 heterocycles. The zero-order valence-corrected chi connectivity index (χ0v) is 22.2. The van der Waals surface area contributed by atoms with Crippen molar-refractivity contribution < 1.29 is 33.0 Å². The van der Waals surface area contributed by atoms with Crippen LogP contribution in [0.4, 0.5) is 10.1 Å². The highest BCUT2D eigenvalue weighted by atomic mass is 35.5. The third-order valence-electron chi connectivity index (χ3n) is 7.94. The van der Waals surface area contributed by atoms with Crippen LogP contribution in [-0.2, 0) is 19.1 Å². The van der Waals surface area contributed by atoms with Crippen LogP contribution in [0.3, 0.4) is 0 Å². The van der Waals surface area contributed by atoms with Gasteiger partial charge in [-0.3, -0.25) is 14.4 Å². The molecule has 0 radical (unpaired) electrons. The third kappa shape index (κ3) is 4.91. The molecule has 2 aliphatic heterocycles.